The fraction of sp³-hybridized carbons (Fsp3) is 0.556. The van der Waals surface area contributed by atoms with Crippen LogP contribution in [0.4, 0.5) is 11.4 Å². The third-order valence-corrected chi connectivity index (χ3v) is 5.58. The van der Waals surface area contributed by atoms with Gasteiger partial charge < -0.3 is 10.6 Å². The quantitative estimate of drug-likeness (QED) is 0.787. The van der Waals surface area contributed by atoms with Crippen molar-refractivity contribution in [2.45, 2.75) is 45.4 Å². The second kappa shape index (κ2) is 7.27. The molecule has 0 bridgehead atoms. The number of nitrogens with one attached hydrogen (secondary N) is 2. The molecule has 0 aliphatic carbocycles. The lowest BCUT2D eigenvalue weighted by Crippen LogP contribution is -2.46. The zero-order valence-corrected chi connectivity index (χ0v) is 15.1. The van der Waals surface area contributed by atoms with Crippen molar-refractivity contribution in [2.75, 3.05) is 17.6 Å². The number of amides is 1. The van der Waals surface area contributed by atoms with Crippen LogP contribution < -0.4 is 10.6 Å². The third kappa shape index (κ3) is 4.20. The minimum atomic E-state index is -0.0472. The minimum Gasteiger partial charge on any atom is -0.381 e. The van der Waals surface area contributed by atoms with Gasteiger partial charge in [-0.15, -0.1) is 0 Å². The molecular weight excluding hydrogens is 306 g/mol. The highest BCUT2D eigenvalue weighted by Crippen LogP contribution is 2.46. The molecule has 0 aromatic heterocycles. The van der Waals surface area contributed by atoms with Crippen molar-refractivity contribution < 1.29 is 4.79 Å². The van der Waals surface area contributed by atoms with E-state index in [0.717, 1.165) is 17.9 Å². The Hall–Kier alpha value is -1.67. The van der Waals surface area contributed by atoms with Gasteiger partial charge in [0.05, 0.1) is 6.57 Å². The average Bonchev–Trinajstić information content (AvgIpc) is 2.52. The van der Waals surface area contributed by atoms with Crippen LogP contribution in [0.1, 0.15) is 44.9 Å². The largest absolute Gasteiger partial charge is 0.381 e. The van der Waals surface area contributed by atoms with E-state index in [-0.39, 0.29) is 17.4 Å². The number of thioether (sulfide) groups is 1. The van der Waals surface area contributed by atoms with Crippen LogP contribution in [0.5, 0.6) is 0 Å². The number of benzene rings is 1. The Morgan fingerprint density at radius 2 is 2.26 bits per heavy atom. The monoisotopic (exact) mass is 331 g/mol. The Morgan fingerprint density at radius 1 is 1.52 bits per heavy atom. The van der Waals surface area contributed by atoms with E-state index in [2.05, 4.69) is 36.2 Å². The first-order valence-corrected chi connectivity index (χ1v) is 9.06. The normalized spacial score (nSPS) is 20.1. The molecule has 4 nitrogen and oxygen atoms in total. The van der Waals surface area contributed by atoms with Gasteiger partial charge in [0, 0.05) is 35.9 Å². The lowest BCUT2D eigenvalue weighted by molar-refractivity contribution is -0.119. The van der Waals surface area contributed by atoms with Crippen LogP contribution in [0.3, 0.4) is 0 Å². The SMILES string of the molecule is [C-]#[N+]c1ccc2c(c1)C(SCC)CC(C(C)(C)CNC(C)=O)N2. The van der Waals surface area contributed by atoms with E-state index in [1.165, 1.54) is 5.56 Å². The lowest BCUT2D eigenvalue weighted by atomic mass is 9.78. The summed E-state index contributed by atoms with van der Waals surface area (Å²) in [5.74, 6) is 1.06. The standard InChI is InChI=1S/C18H25N3OS/c1-6-23-16-10-17(18(3,4)11-20-12(2)22)21-15-8-7-13(19-5)9-14(15)16/h7-9,16-17,21H,6,10-11H2,1-4H3,(H,20,22). The Labute approximate surface area is 143 Å². The number of hydrogen-bond acceptors (Lipinski definition) is 3. The molecule has 1 aliphatic rings. The van der Waals surface area contributed by atoms with Gasteiger partial charge in [-0.05, 0) is 23.8 Å². The van der Waals surface area contributed by atoms with E-state index < -0.39 is 0 Å². The molecule has 0 radical (unpaired) electrons. The third-order valence-electron chi connectivity index (χ3n) is 4.39. The van der Waals surface area contributed by atoms with E-state index in [1.54, 1.807) is 6.92 Å². The van der Waals surface area contributed by atoms with E-state index in [9.17, 15) is 4.79 Å². The molecule has 1 aromatic rings. The number of carbonyl (C=O) groups excluding carboxylic acids is 1. The molecule has 1 heterocycles. The number of hydrogen-bond donors (Lipinski definition) is 2. The fourth-order valence-electron chi connectivity index (χ4n) is 2.95. The van der Waals surface area contributed by atoms with E-state index >= 15 is 0 Å². The molecule has 23 heavy (non-hydrogen) atoms. The maximum atomic E-state index is 11.2. The molecule has 5 heteroatoms. The number of carbonyl (C=O) groups is 1. The summed E-state index contributed by atoms with van der Waals surface area (Å²) < 4.78 is 0. The molecule has 1 amide bonds. The highest BCUT2D eigenvalue weighted by Gasteiger charge is 2.36. The van der Waals surface area contributed by atoms with Gasteiger partial charge in [-0.1, -0.05) is 32.9 Å². The molecule has 2 rings (SSSR count). The molecule has 0 saturated carbocycles. The van der Waals surface area contributed by atoms with Gasteiger partial charge in [0.15, 0.2) is 5.69 Å². The fourth-order valence-corrected chi connectivity index (χ4v) is 4.06. The number of nitrogens with zero attached hydrogens (tertiary/aromatic N) is 1. The Morgan fingerprint density at radius 3 is 2.87 bits per heavy atom. The number of anilines is 1. The van der Waals surface area contributed by atoms with Crippen LogP contribution in [0.15, 0.2) is 18.2 Å². The minimum absolute atomic E-state index is 0.00969. The van der Waals surface area contributed by atoms with Crippen molar-refractivity contribution in [3.63, 3.8) is 0 Å². The van der Waals surface area contributed by atoms with Crippen molar-refractivity contribution in [1.82, 2.24) is 5.32 Å². The van der Waals surface area contributed by atoms with Gasteiger partial charge in [0.25, 0.3) is 0 Å². The Bertz CT molecular complexity index is 621. The summed E-state index contributed by atoms with van der Waals surface area (Å²) in [5, 5.41) is 6.97. The number of rotatable bonds is 5. The van der Waals surface area contributed by atoms with Crippen LogP contribution in [0, 0.1) is 12.0 Å². The van der Waals surface area contributed by atoms with Crippen molar-refractivity contribution in [1.29, 1.82) is 0 Å². The summed E-state index contributed by atoms with van der Waals surface area (Å²) in [4.78, 5) is 14.8. The molecule has 124 valence electrons. The van der Waals surface area contributed by atoms with Crippen molar-refractivity contribution >= 4 is 29.0 Å². The second-order valence-electron chi connectivity index (χ2n) is 6.66. The van der Waals surface area contributed by atoms with Crippen LogP contribution >= 0.6 is 11.8 Å². The summed E-state index contributed by atoms with van der Waals surface area (Å²) in [6, 6.07) is 6.19. The molecule has 0 saturated heterocycles. The van der Waals surface area contributed by atoms with Crippen molar-refractivity contribution in [3.05, 3.63) is 35.2 Å². The molecule has 0 fully saturated rings. The molecule has 1 aliphatic heterocycles. The number of fused-ring (bicyclic) bond motifs is 1. The summed E-state index contributed by atoms with van der Waals surface area (Å²) in [6.45, 7) is 16.0. The Balaban J connectivity index is 2.26. The van der Waals surface area contributed by atoms with Crippen LogP contribution in [-0.2, 0) is 4.79 Å². The maximum Gasteiger partial charge on any atom is 0.216 e. The van der Waals surface area contributed by atoms with Gasteiger partial charge >= 0.3 is 0 Å². The molecule has 2 unspecified atom stereocenters. The first-order valence-electron chi connectivity index (χ1n) is 8.01. The average molecular weight is 331 g/mol. The topological polar surface area (TPSA) is 45.5 Å². The first-order chi connectivity index (χ1) is 10.9. The van der Waals surface area contributed by atoms with Crippen molar-refractivity contribution in [3.8, 4) is 0 Å². The molecule has 0 spiro atoms. The predicted molar refractivity (Wildman–Crippen MR) is 98.1 cm³/mol. The van der Waals surface area contributed by atoms with Gasteiger partial charge in [-0.3, -0.25) is 4.79 Å². The van der Waals surface area contributed by atoms with Gasteiger partial charge in [0.1, 0.15) is 0 Å². The Kier molecular flexibility index (Phi) is 5.59. The van der Waals surface area contributed by atoms with E-state index in [1.807, 2.05) is 30.0 Å². The van der Waals surface area contributed by atoms with E-state index in [4.69, 9.17) is 6.57 Å². The molecule has 1 aromatic carbocycles. The first kappa shape index (κ1) is 17.7. The molecular formula is C18H25N3OS. The molecule has 2 N–H and O–H groups in total. The zero-order valence-electron chi connectivity index (χ0n) is 14.3. The smallest absolute Gasteiger partial charge is 0.216 e. The van der Waals surface area contributed by atoms with Gasteiger partial charge in [-0.2, -0.15) is 11.8 Å². The van der Waals surface area contributed by atoms with Crippen LogP contribution in [0.25, 0.3) is 4.85 Å². The summed E-state index contributed by atoms with van der Waals surface area (Å²) in [6.07, 6.45) is 1.000. The summed E-state index contributed by atoms with van der Waals surface area (Å²) in [5.41, 5.74) is 3.00. The molecule has 2 atom stereocenters. The van der Waals surface area contributed by atoms with E-state index in [0.29, 0.717) is 17.5 Å². The summed E-state index contributed by atoms with van der Waals surface area (Å²) in [7, 11) is 0. The highest BCUT2D eigenvalue weighted by molar-refractivity contribution is 7.99. The predicted octanol–water partition coefficient (Wildman–Crippen LogP) is 4.38. The zero-order chi connectivity index (χ0) is 17.0. The summed E-state index contributed by atoms with van der Waals surface area (Å²) >= 11 is 1.93. The maximum absolute atomic E-state index is 11.2. The van der Waals surface area contributed by atoms with Gasteiger partial charge in [0.2, 0.25) is 5.91 Å². The van der Waals surface area contributed by atoms with Crippen molar-refractivity contribution in [2.24, 2.45) is 5.41 Å². The van der Waals surface area contributed by atoms with Gasteiger partial charge in [-0.25, -0.2) is 4.85 Å². The second-order valence-corrected chi connectivity index (χ2v) is 8.14. The van der Waals surface area contributed by atoms with Crippen LogP contribution in [0.2, 0.25) is 0 Å². The van der Waals surface area contributed by atoms with Crippen LogP contribution in [-0.4, -0.2) is 24.2 Å². The lowest BCUT2D eigenvalue weighted by Gasteiger charge is -2.42. The highest BCUT2D eigenvalue weighted by atomic mass is 32.2.